The fraction of sp³-hybridized carbons (Fsp3) is 0.917. The lowest BCUT2D eigenvalue weighted by molar-refractivity contribution is -0.0410. The van der Waals surface area contributed by atoms with E-state index in [4.69, 9.17) is 15.7 Å². The number of piperidine rings is 1. The van der Waals surface area contributed by atoms with Crippen LogP contribution in [0, 0.1) is 0 Å². The van der Waals surface area contributed by atoms with Crippen LogP contribution in [0.2, 0.25) is 0 Å². The van der Waals surface area contributed by atoms with Crippen LogP contribution in [0.3, 0.4) is 0 Å². The minimum Gasteiger partial charge on any atom is -0.409 e. The van der Waals surface area contributed by atoms with Crippen molar-refractivity contribution in [3.8, 4) is 0 Å². The van der Waals surface area contributed by atoms with Crippen molar-refractivity contribution in [1.82, 2.24) is 9.80 Å². The molecule has 3 N–H and O–H groups in total. The molecule has 6 nitrogen and oxygen atoms in total. The summed E-state index contributed by atoms with van der Waals surface area (Å²) in [5.41, 5.74) is 5.78. The van der Waals surface area contributed by atoms with Crippen molar-refractivity contribution in [2.24, 2.45) is 10.9 Å². The van der Waals surface area contributed by atoms with Gasteiger partial charge in [0.15, 0.2) is 5.84 Å². The van der Waals surface area contributed by atoms with Gasteiger partial charge in [0.1, 0.15) is 0 Å². The second-order valence-electron chi connectivity index (χ2n) is 5.29. The van der Waals surface area contributed by atoms with Crippen molar-refractivity contribution in [2.75, 3.05) is 39.8 Å². The van der Waals surface area contributed by atoms with Crippen LogP contribution in [-0.2, 0) is 4.74 Å². The maximum absolute atomic E-state index is 8.85. The number of hydrogen-bond acceptors (Lipinski definition) is 5. The van der Waals surface area contributed by atoms with Crippen LogP contribution < -0.4 is 5.73 Å². The predicted molar refractivity (Wildman–Crippen MR) is 69.9 cm³/mol. The average Bonchev–Trinajstić information content (AvgIpc) is 2.38. The van der Waals surface area contributed by atoms with Gasteiger partial charge in [0.2, 0.25) is 0 Å². The first-order chi connectivity index (χ1) is 8.70. The van der Waals surface area contributed by atoms with Gasteiger partial charge in [0, 0.05) is 19.6 Å². The summed E-state index contributed by atoms with van der Waals surface area (Å²) in [7, 11) is 2.12. The number of likely N-dealkylation sites (N-methyl/N-ethyl adjacent to an activating group) is 1. The van der Waals surface area contributed by atoms with E-state index in [0.29, 0.717) is 5.84 Å². The Morgan fingerprint density at radius 1 is 1.44 bits per heavy atom. The SMILES string of the molecule is CN1CCOC(CN2CCCCC2C(N)=NO)C1. The topological polar surface area (TPSA) is 74.3 Å². The summed E-state index contributed by atoms with van der Waals surface area (Å²) in [6.07, 6.45) is 3.52. The number of oxime groups is 1. The number of rotatable bonds is 3. The van der Waals surface area contributed by atoms with Crippen LogP contribution in [0.4, 0.5) is 0 Å². The summed E-state index contributed by atoms with van der Waals surface area (Å²) in [6.45, 7) is 4.62. The largest absolute Gasteiger partial charge is 0.409 e. The maximum Gasteiger partial charge on any atom is 0.156 e. The molecule has 0 radical (unpaired) electrons. The fourth-order valence-corrected chi connectivity index (χ4v) is 2.85. The van der Waals surface area contributed by atoms with Gasteiger partial charge in [0.05, 0.1) is 18.8 Å². The smallest absolute Gasteiger partial charge is 0.156 e. The molecule has 2 aliphatic heterocycles. The Morgan fingerprint density at radius 2 is 2.28 bits per heavy atom. The lowest BCUT2D eigenvalue weighted by Gasteiger charge is -2.39. The van der Waals surface area contributed by atoms with Gasteiger partial charge >= 0.3 is 0 Å². The summed E-state index contributed by atoms with van der Waals surface area (Å²) in [5.74, 6) is 0.332. The third-order valence-electron chi connectivity index (χ3n) is 3.85. The van der Waals surface area contributed by atoms with E-state index in [1.54, 1.807) is 0 Å². The molecule has 2 unspecified atom stereocenters. The first-order valence-electron chi connectivity index (χ1n) is 6.72. The van der Waals surface area contributed by atoms with Gasteiger partial charge in [-0.25, -0.2) is 0 Å². The minimum atomic E-state index is 0.0691. The van der Waals surface area contributed by atoms with Crippen LogP contribution in [0.15, 0.2) is 5.16 Å². The Bertz CT molecular complexity index is 298. The molecule has 2 aliphatic rings. The van der Waals surface area contributed by atoms with E-state index in [2.05, 4.69) is 22.0 Å². The van der Waals surface area contributed by atoms with Crippen LogP contribution in [-0.4, -0.2) is 72.8 Å². The normalized spacial score (nSPS) is 32.6. The molecule has 0 amide bonds. The molecule has 0 aromatic carbocycles. The molecular formula is C12H24N4O2. The summed E-state index contributed by atoms with van der Waals surface area (Å²) in [6, 6.07) is 0.0691. The summed E-state index contributed by atoms with van der Waals surface area (Å²) >= 11 is 0. The second-order valence-corrected chi connectivity index (χ2v) is 5.29. The lowest BCUT2D eigenvalue weighted by Crippen LogP contribution is -2.53. The van der Waals surface area contributed by atoms with Gasteiger partial charge in [-0.1, -0.05) is 11.6 Å². The number of ether oxygens (including phenoxy) is 1. The zero-order valence-corrected chi connectivity index (χ0v) is 11.1. The van der Waals surface area contributed by atoms with Gasteiger partial charge in [-0.2, -0.15) is 0 Å². The Labute approximate surface area is 108 Å². The Hall–Kier alpha value is -0.850. The Balaban J connectivity index is 1.92. The third-order valence-corrected chi connectivity index (χ3v) is 3.85. The number of hydrogen-bond donors (Lipinski definition) is 2. The highest BCUT2D eigenvalue weighted by Crippen LogP contribution is 2.18. The van der Waals surface area contributed by atoms with E-state index in [0.717, 1.165) is 45.6 Å². The van der Waals surface area contributed by atoms with Gasteiger partial charge in [-0.05, 0) is 26.4 Å². The van der Waals surface area contributed by atoms with Crippen molar-refractivity contribution in [1.29, 1.82) is 0 Å². The second kappa shape index (κ2) is 6.36. The molecule has 18 heavy (non-hydrogen) atoms. The maximum atomic E-state index is 8.85. The van der Waals surface area contributed by atoms with Crippen molar-refractivity contribution >= 4 is 5.84 Å². The average molecular weight is 256 g/mol. The van der Waals surface area contributed by atoms with E-state index in [9.17, 15) is 0 Å². The molecule has 2 saturated heterocycles. The fourth-order valence-electron chi connectivity index (χ4n) is 2.85. The van der Waals surface area contributed by atoms with E-state index in [1.807, 2.05) is 0 Å². The van der Waals surface area contributed by atoms with Crippen molar-refractivity contribution in [3.05, 3.63) is 0 Å². The molecule has 2 atom stereocenters. The van der Waals surface area contributed by atoms with Gasteiger partial charge in [-0.3, -0.25) is 4.90 Å². The molecule has 0 aliphatic carbocycles. The number of amidine groups is 1. The zero-order chi connectivity index (χ0) is 13.0. The van der Waals surface area contributed by atoms with Crippen LogP contribution >= 0.6 is 0 Å². The van der Waals surface area contributed by atoms with E-state index >= 15 is 0 Å². The van der Waals surface area contributed by atoms with E-state index in [1.165, 1.54) is 6.42 Å². The summed E-state index contributed by atoms with van der Waals surface area (Å²) < 4.78 is 5.79. The first-order valence-corrected chi connectivity index (χ1v) is 6.72. The number of likely N-dealkylation sites (tertiary alicyclic amines) is 1. The molecule has 0 aromatic heterocycles. The standard InChI is InChI=1S/C12H24N4O2/c1-15-6-7-18-10(8-15)9-16-5-3-2-4-11(16)12(13)14-17/h10-11,17H,2-9H2,1H3,(H2,13,14). The molecule has 6 heteroatoms. The van der Waals surface area contributed by atoms with Crippen LogP contribution in [0.5, 0.6) is 0 Å². The molecule has 0 saturated carbocycles. The van der Waals surface area contributed by atoms with Crippen molar-refractivity contribution < 1.29 is 9.94 Å². The highest BCUT2D eigenvalue weighted by Gasteiger charge is 2.29. The summed E-state index contributed by atoms with van der Waals surface area (Å²) in [5, 5.41) is 12.0. The van der Waals surface area contributed by atoms with Gasteiger partial charge in [0.25, 0.3) is 0 Å². The Morgan fingerprint density at radius 3 is 3.00 bits per heavy atom. The van der Waals surface area contributed by atoms with Gasteiger partial charge in [-0.15, -0.1) is 0 Å². The number of nitrogens with two attached hydrogens (primary N) is 1. The molecule has 2 fully saturated rings. The molecule has 0 aromatic rings. The van der Waals surface area contributed by atoms with E-state index in [-0.39, 0.29) is 12.1 Å². The van der Waals surface area contributed by atoms with Crippen LogP contribution in [0.1, 0.15) is 19.3 Å². The highest BCUT2D eigenvalue weighted by molar-refractivity contribution is 5.85. The third kappa shape index (κ3) is 3.34. The monoisotopic (exact) mass is 256 g/mol. The van der Waals surface area contributed by atoms with Crippen LogP contribution in [0.25, 0.3) is 0 Å². The number of morpholine rings is 1. The number of nitrogens with zero attached hydrogens (tertiary/aromatic N) is 3. The van der Waals surface area contributed by atoms with Crippen molar-refractivity contribution in [2.45, 2.75) is 31.4 Å². The lowest BCUT2D eigenvalue weighted by atomic mass is 10.0. The zero-order valence-electron chi connectivity index (χ0n) is 11.1. The molecular weight excluding hydrogens is 232 g/mol. The molecule has 0 bridgehead atoms. The molecule has 2 heterocycles. The quantitative estimate of drug-likeness (QED) is 0.320. The highest BCUT2D eigenvalue weighted by atomic mass is 16.5. The molecule has 2 rings (SSSR count). The van der Waals surface area contributed by atoms with Crippen molar-refractivity contribution in [3.63, 3.8) is 0 Å². The molecule has 0 spiro atoms. The summed E-state index contributed by atoms with van der Waals surface area (Å²) in [4.78, 5) is 4.58. The first kappa shape index (κ1) is 13.6. The predicted octanol–water partition coefficient (Wildman–Crippen LogP) is -0.0821. The Kier molecular flexibility index (Phi) is 4.79. The van der Waals surface area contributed by atoms with E-state index < -0.39 is 0 Å². The minimum absolute atomic E-state index is 0.0691. The molecule has 104 valence electrons. The van der Waals surface area contributed by atoms with Gasteiger partial charge < -0.3 is 20.6 Å².